The number of benzene rings is 8. The minimum Gasteiger partial charge on any atom is -0.311 e. The van der Waals surface area contributed by atoms with E-state index in [4.69, 9.17) is 0 Å². The van der Waals surface area contributed by atoms with Crippen molar-refractivity contribution >= 4 is 55.7 Å². The molecule has 0 unspecified atom stereocenters. The van der Waals surface area contributed by atoms with Crippen molar-refractivity contribution < 1.29 is 0 Å². The van der Waals surface area contributed by atoms with Gasteiger partial charge >= 0.3 is 0 Å². The van der Waals surface area contributed by atoms with E-state index in [1.807, 2.05) is 0 Å². The van der Waals surface area contributed by atoms with Crippen LogP contribution in [0.2, 0.25) is 0 Å². The molecule has 0 N–H and O–H groups in total. The number of nitrogens with zero attached hydrogens (tertiary/aromatic N) is 2. The van der Waals surface area contributed by atoms with E-state index in [9.17, 15) is 0 Å². The van der Waals surface area contributed by atoms with Crippen LogP contribution in [0.3, 0.4) is 0 Å². The van der Waals surface area contributed by atoms with Crippen molar-refractivity contribution in [3.63, 3.8) is 0 Å². The molecule has 8 aromatic rings. The van der Waals surface area contributed by atoms with Gasteiger partial charge in [0.1, 0.15) is 0 Å². The van der Waals surface area contributed by atoms with Crippen LogP contribution in [0.25, 0.3) is 32.7 Å². The molecule has 0 aliphatic heterocycles. The average Bonchev–Trinajstić information content (AvgIpc) is 3.14. The summed E-state index contributed by atoms with van der Waals surface area (Å²) in [6.07, 6.45) is 0. The van der Waals surface area contributed by atoms with Gasteiger partial charge in [-0.1, -0.05) is 115 Å². The zero-order chi connectivity index (χ0) is 30.7. The van der Waals surface area contributed by atoms with Gasteiger partial charge in [0.25, 0.3) is 0 Å². The molecule has 8 rings (SSSR count). The van der Waals surface area contributed by atoms with E-state index in [0.717, 1.165) is 34.1 Å². The molecule has 0 saturated carbocycles. The van der Waals surface area contributed by atoms with E-state index in [2.05, 4.69) is 204 Å². The first-order chi connectivity index (χ1) is 22.8. The van der Waals surface area contributed by atoms with E-state index in [1.165, 1.54) is 32.7 Å². The Hall–Kier alpha value is -6.12. The third kappa shape index (κ3) is 5.16. The van der Waals surface area contributed by atoms with Crippen molar-refractivity contribution in [2.75, 3.05) is 9.80 Å². The molecule has 8 aromatic carbocycles. The predicted molar refractivity (Wildman–Crippen MR) is 196 cm³/mol. The predicted octanol–water partition coefficient (Wildman–Crippen LogP) is 12.6. The van der Waals surface area contributed by atoms with Crippen molar-refractivity contribution in [3.05, 3.63) is 194 Å². The van der Waals surface area contributed by atoms with Gasteiger partial charge < -0.3 is 9.80 Å². The minimum absolute atomic E-state index is 1.12. The van der Waals surface area contributed by atoms with Crippen molar-refractivity contribution in [2.45, 2.75) is 0 Å². The number of hydrogen-bond acceptors (Lipinski definition) is 2. The van der Waals surface area contributed by atoms with Gasteiger partial charge in [-0.15, -0.1) is 0 Å². The zero-order valence-corrected chi connectivity index (χ0v) is 25.4. The van der Waals surface area contributed by atoms with Crippen molar-refractivity contribution in [2.24, 2.45) is 0 Å². The van der Waals surface area contributed by atoms with Crippen LogP contribution < -0.4 is 9.80 Å². The fraction of sp³-hybridized carbons (Fsp3) is 0. The zero-order valence-electron chi connectivity index (χ0n) is 25.4. The molecule has 2 nitrogen and oxygen atoms in total. The minimum atomic E-state index is 1.12. The molecule has 0 heterocycles. The molecule has 0 radical (unpaired) electrons. The van der Waals surface area contributed by atoms with E-state index in [1.54, 1.807) is 0 Å². The van der Waals surface area contributed by atoms with Gasteiger partial charge in [0, 0.05) is 34.1 Å². The van der Waals surface area contributed by atoms with Crippen LogP contribution in [-0.2, 0) is 0 Å². The largest absolute Gasteiger partial charge is 0.311 e. The SMILES string of the molecule is c1ccc(N(c2ccccc2)c2ccc(-c3cc4ccc(N(c5ccccc5)c5ccccc5)cc4c4ccccc34)cc2)cc1. The van der Waals surface area contributed by atoms with E-state index in [-0.39, 0.29) is 0 Å². The molecule has 0 spiro atoms. The molecule has 0 atom stereocenters. The molecular weight excluding hydrogens is 556 g/mol. The van der Waals surface area contributed by atoms with Gasteiger partial charge in [0.15, 0.2) is 0 Å². The maximum atomic E-state index is 2.35. The number of hydrogen-bond donors (Lipinski definition) is 0. The molecule has 0 amide bonds. The third-order valence-electron chi connectivity index (χ3n) is 8.60. The number of fused-ring (bicyclic) bond motifs is 3. The van der Waals surface area contributed by atoms with Crippen molar-refractivity contribution in [1.29, 1.82) is 0 Å². The molecule has 0 saturated heterocycles. The Bertz CT molecular complexity index is 2150. The van der Waals surface area contributed by atoms with Crippen molar-refractivity contribution in [3.8, 4) is 11.1 Å². The number of para-hydroxylation sites is 4. The van der Waals surface area contributed by atoms with E-state index in [0.29, 0.717) is 0 Å². The topological polar surface area (TPSA) is 6.48 Å². The normalized spacial score (nSPS) is 11.0. The second-order valence-corrected chi connectivity index (χ2v) is 11.4. The second kappa shape index (κ2) is 12.1. The highest BCUT2D eigenvalue weighted by atomic mass is 15.1. The molecule has 46 heavy (non-hydrogen) atoms. The van der Waals surface area contributed by atoms with E-state index < -0.39 is 0 Å². The standard InChI is InChI=1S/C44H32N2/c1-5-15-35(16-6-1)45(36-17-7-2-8-18-36)39-28-25-33(26-29-39)43-31-34-27-30-40(32-44(34)42-24-14-13-23-41(42)43)46(37-19-9-3-10-20-37)38-21-11-4-12-22-38/h1-32H. The molecule has 0 fully saturated rings. The third-order valence-corrected chi connectivity index (χ3v) is 8.60. The summed E-state index contributed by atoms with van der Waals surface area (Å²) in [5.41, 5.74) is 9.22. The highest BCUT2D eigenvalue weighted by Gasteiger charge is 2.16. The Morgan fingerprint density at radius 2 is 0.652 bits per heavy atom. The highest BCUT2D eigenvalue weighted by Crippen LogP contribution is 2.41. The second-order valence-electron chi connectivity index (χ2n) is 11.4. The fourth-order valence-electron chi connectivity index (χ4n) is 6.46. The summed E-state index contributed by atoms with van der Waals surface area (Å²) in [6.45, 7) is 0. The molecule has 2 heteroatoms. The summed E-state index contributed by atoms with van der Waals surface area (Å²) in [5.74, 6) is 0. The van der Waals surface area contributed by atoms with Gasteiger partial charge in [0.05, 0.1) is 0 Å². The van der Waals surface area contributed by atoms with Crippen molar-refractivity contribution in [1.82, 2.24) is 0 Å². The Morgan fingerprint density at radius 1 is 0.261 bits per heavy atom. The maximum Gasteiger partial charge on any atom is 0.0468 e. The van der Waals surface area contributed by atoms with Gasteiger partial charge in [0.2, 0.25) is 0 Å². The Labute approximate surface area is 270 Å². The van der Waals surface area contributed by atoms with Gasteiger partial charge in [-0.05, 0) is 112 Å². The Balaban J connectivity index is 1.23. The highest BCUT2D eigenvalue weighted by molar-refractivity contribution is 6.14. The first-order valence-electron chi connectivity index (χ1n) is 15.7. The monoisotopic (exact) mass is 588 g/mol. The van der Waals surface area contributed by atoms with Crippen LogP contribution in [-0.4, -0.2) is 0 Å². The molecular formula is C44H32N2. The van der Waals surface area contributed by atoms with Crippen LogP contribution >= 0.6 is 0 Å². The molecule has 0 aromatic heterocycles. The molecule has 218 valence electrons. The van der Waals surface area contributed by atoms with Gasteiger partial charge in [-0.25, -0.2) is 0 Å². The Kier molecular flexibility index (Phi) is 7.22. The lowest BCUT2D eigenvalue weighted by molar-refractivity contribution is 1.28. The van der Waals surface area contributed by atoms with Gasteiger partial charge in [-0.3, -0.25) is 0 Å². The van der Waals surface area contributed by atoms with E-state index >= 15 is 0 Å². The lowest BCUT2D eigenvalue weighted by Crippen LogP contribution is -2.09. The molecule has 0 bridgehead atoms. The molecule has 0 aliphatic rings. The first-order valence-corrected chi connectivity index (χ1v) is 15.7. The first kappa shape index (κ1) is 27.4. The van der Waals surface area contributed by atoms with Crippen LogP contribution in [0, 0.1) is 0 Å². The summed E-state index contributed by atoms with van der Waals surface area (Å²) in [4.78, 5) is 4.63. The van der Waals surface area contributed by atoms with Crippen LogP contribution in [0.4, 0.5) is 34.1 Å². The van der Waals surface area contributed by atoms with Gasteiger partial charge in [-0.2, -0.15) is 0 Å². The summed E-state index contributed by atoms with van der Waals surface area (Å²) < 4.78 is 0. The number of anilines is 6. The number of rotatable bonds is 7. The summed E-state index contributed by atoms with van der Waals surface area (Å²) in [6, 6.07) is 69.2. The van der Waals surface area contributed by atoms with Crippen LogP contribution in [0.5, 0.6) is 0 Å². The maximum absolute atomic E-state index is 2.35. The van der Waals surface area contributed by atoms with Crippen LogP contribution in [0.15, 0.2) is 194 Å². The summed E-state index contributed by atoms with van der Waals surface area (Å²) in [5, 5.41) is 4.95. The Morgan fingerprint density at radius 3 is 1.15 bits per heavy atom. The summed E-state index contributed by atoms with van der Waals surface area (Å²) >= 11 is 0. The fourth-order valence-corrected chi connectivity index (χ4v) is 6.46. The molecule has 0 aliphatic carbocycles. The summed E-state index contributed by atoms with van der Waals surface area (Å²) in [7, 11) is 0. The smallest absolute Gasteiger partial charge is 0.0468 e. The lowest BCUT2D eigenvalue weighted by Gasteiger charge is -2.26. The lowest BCUT2D eigenvalue weighted by atomic mass is 9.92. The average molecular weight is 589 g/mol. The van der Waals surface area contributed by atoms with Crippen LogP contribution in [0.1, 0.15) is 0 Å². The quantitative estimate of drug-likeness (QED) is 0.171.